The molecule has 4 nitrogen and oxygen atoms in total. The third kappa shape index (κ3) is 4.35. The summed E-state index contributed by atoms with van der Waals surface area (Å²) < 4.78 is 87.3. The number of aryl methyl sites for hydroxylation is 1. The van der Waals surface area contributed by atoms with Crippen LogP contribution in [0.2, 0.25) is 0 Å². The second-order valence-corrected chi connectivity index (χ2v) is 10.1. The van der Waals surface area contributed by atoms with Gasteiger partial charge in [0, 0.05) is 23.2 Å². The smallest absolute Gasteiger partial charge is 0.187 e. The highest BCUT2D eigenvalue weighted by Crippen LogP contribution is 2.41. The van der Waals surface area contributed by atoms with Gasteiger partial charge in [-0.1, -0.05) is 13.0 Å². The van der Waals surface area contributed by atoms with Gasteiger partial charge in [-0.3, -0.25) is 0 Å². The van der Waals surface area contributed by atoms with Crippen LogP contribution in [0.5, 0.6) is 0 Å². The second kappa shape index (κ2) is 8.77. The van der Waals surface area contributed by atoms with Gasteiger partial charge in [0.2, 0.25) is 0 Å². The van der Waals surface area contributed by atoms with Gasteiger partial charge in [0.15, 0.2) is 39.0 Å². The van der Waals surface area contributed by atoms with E-state index in [4.69, 9.17) is 4.74 Å². The lowest BCUT2D eigenvalue weighted by Crippen LogP contribution is -2.31. The van der Waals surface area contributed by atoms with Crippen LogP contribution in [0.25, 0.3) is 0 Å². The Labute approximate surface area is 185 Å². The zero-order valence-corrected chi connectivity index (χ0v) is 19.2. The molecule has 0 fully saturated rings. The van der Waals surface area contributed by atoms with Gasteiger partial charge in [-0.15, -0.1) is 0 Å². The molecule has 1 atom stereocenters. The maximum Gasteiger partial charge on any atom is 0.187 e. The number of hydrogen-bond acceptors (Lipinski definition) is 4. The van der Waals surface area contributed by atoms with E-state index >= 15 is 0 Å². The number of nitrogens with zero attached hydrogens (tertiary/aromatic N) is 1. The SMILES string of the molecule is C=C1OC(C)c2cc(CS(=O)(=O)Cc3c(F)c(F)c(C)c(F)c3F)cc(C)c2N1CCC. The van der Waals surface area contributed by atoms with Crippen molar-refractivity contribution >= 4 is 15.5 Å². The first-order valence-electron chi connectivity index (χ1n) is 10.2. The van der Waals surface area contributed by atoms with E-state index in [-0.39, 0.29) is 6.10 Å². The van der Waals surface area contributed by atoms with Gasteiger partial charge in [-0.2, -0.15) is 0 Å². The number of sulfone groups is 1. The second-order valence-electron chi connectivity index (χ2n) is 8.05. The van der Waals surface area contributed by atoms with E-state index in [0.29, 0.717) is 18.0 Å². The fraction of sp³-hybridized carbons (Fsp3) is 0.391. The summed E-state index contributed by atoms with van der Waals surface area (Å²) in [5.74, 6) is -7.80. The molecule has 0 bridgehead atoms. The molecule has 1 aliphatic heterocycles. The molecule has 32 heavy (non-hydrogen) atoms. The summed E-state index contributed by atoms with van der Waals surface area (Å²) in [6.45, 7) is 11.1. The Morgan fingerprint density at radius 3 is 2.19 bits per heavy atom. The minimum atomic E-state index is -4.16. The molecule has 0 saturated carbocycles. The molecule has 0 amide bonds. The topological polar surface area (TPSA) is 46.6 Å². The Morgan fingerprint density at radius 1 is 1.03 bits per heavy atom. The molecule has 0 aromatic heterocycles. The maximum atomic E-state index is 14.2. The summed E-state index contributed by atoms with van der Waals surface area (Å²) in [6.07, 6.45) is 0.467. The average molecular weight is 472 g/mol. The Bertz CT molecular complexity index is 1170. The number of rotatable bonds is 6. The number of anilines is 1. The highest BCUT2D eigenvalue weighted by atomic mass is 32.2. The van der Waals surface area contributed by atoms with Crippen molar-refractivity contribution in [2.24, 2.45) is 0 Å². The number of ether oxygens (including phenoxy) is 1. The first-order chi connectivity index (χ1) is 14.9. The average Bonchev–Trinajstić information content (AvgIpc) is 2.71. The molecule has 1 unspecified atom stereocenters. The summed E-state index contributed by atoms with van der Waals surface area (Å²) in [5, 5.41) is 0. The first-order valence-corrected chi connectivity index (χ1v) is 12.0. The van der Waals surface area contributed by atoms with Gasteiger partial charge < -0.3 is 9.64 Å². The van der Waals surface area contributed by atoms with Crippen molar-refractivity contribution in [3.8, 4) is 0 Å². The van der Waals surface area contributed by atoms with Gasteiger partial charge in [0.1, 0.15) is 6.10 Å². The zero-order valence-electron chi connectivity index (χ0n) is 18.4. The number of halogens is 4. The number of hydrogen-bond donors (Lipinski definition) is 0. The molecule has 0 spiro atoms. The maximum absolute atomic E-state index is 14.2. The molecular weight excluding hydrogens is 446 g/mol. The van der Waals surface area contributed by atoms with E-state index in [9.17, 15) is 26.0 Å². The monoisotopic (exact) mass is 471 g/mol. The predicted molar refractivity (Wildman–Crippen MR) is 115 cm³/mol. The van der Waals surface area contributed by atoms with Crippen molar-refractivity contribution in [2.45, 2.75) is 51.7 Å². The molecule has 0 aliphatic carbocycles. The highest BCUT2D eigenvalue weighted by Gasteiger charge is 2.30. The van der Waals surface area contributed by atoms with E-state index in [0.717, 1.165) is 30.2 Å². The molecule has 174 valence electrons. The molecule has 3 rings (SSSR count). The standard InChI is InChI=1S/C23H25F4NO3S/c1-6-7-28-15(5)31-14(4)17-9-16(8-12(2)23(17)28)10-32(29,30)11-18-21(26)19(24)13(3)20(25)22(18)27/h8-9,14H,5-7,10-11H2,1-4H3. The lowest BCUT2D eigenvalue weighted by Gasteiger charge is -2.37. The van der Waals surface area contributed by atoms with Crippen molar-refractivity contribution in [2.75, 3.05) is 11.4 Å². The van der Waals surface area contributed by atoms with Gasteiger partial charge >= 0.3 is 0 Å². The van der Waals surface area contributed by atoms with E-state index < -0.39 is 55.7 Å². The van der Waals surface area contributed by atoms with Crippen LogP contribution in [0.4, 0.5) is 23.2 Å². The Balaban J connectivity index is 1.97. The van der Waals surface area contributed by atoms with Crippen LogP contribution in [0.1, 0.15) is 54.2 Å². The number of benzene rings is 2. The third-order valence-electron chi connectivity index (χ3n) is 5.48. The lowest BCUT2D eigenvalue weighted by molar-refractivity contribution is 0.118. The van der Waals surface area contributed by atoms with Crippen LogP contribution in [0.3, 0.4) is 0 Å². The fourth-order valence-electron chi connectivity index (χ4n) is 4.00. The van der Waals surface area contributed by atoms with Gasteiger partial charge in [-0.25, -0.2) is 26.0 Å². The van der Waals surface area contributed by atoms with E-state index in [1.165, 1.54) is 0 Å². The van der Waals surface area contributed by atoms with E-state index in [1.54, 1.807) is 12.1 Å². The molecule has 1 aliphatic rings. The molecule has 1 heterocycles. The minimum Gasteiger partial charge on any atom is -0.471 e. The summed E-state index contributed by atoms with van der Waals surface area (Å²) in [7, 11) is -4.16. The summed E-state index contributed by atoms with van der Waals surface area (Å²) in [5.41, 5.74) is 0.857. The fourth-order valence-corrected chi connectivity index (χ4v) is 5.47. The third-order valence-corrected chi connectivity index (χ3v) is 6.99. The summed E-state index contributed by atoms with van der Waals surface area (Å²) >= 11 is 0. The normalized spacial score (nSPS) is 16.2. The van der Waals surface area contributed by atoms with E-state index in [1.807, 2.05) is 25.7 Å². The van der Waals surface area contributed by atoms with Crippen molar-refractivity contribution in [1.29, 1.82) is 0 Å². The molecule has 0 N–H and O–H groups in total. The highest BCUT2D eigenvalue weighted by molar-refractivity contribution is 7.89. The van der Waals surface area contributed by atoms with Gasteiger partial charge in [-0.05, 0) is 51.0 Å². The van der Waals surface area contributed by atoms with Gasteiger partial charge in [0.05, 0.1) is 17.2 Å². The quantitative estimate of drug-likeness (QED) is 0.397. The Morgan fingerprint density at radius 2 is 1.62 bits per heavy atom. The van der Waals surface area contributed by atoms with E-state index in [2.05, 4.69) is 6.58 Å². The van der Waals surface area contributed by atoms with Crippen molar-refractivity contribution in [1.82, 2.24) is 0 Å². The zero-order chi connectivity index (χ0) is 24.0. The van der Waals surface area contributed by atoms with Crippen molar-refractivity contribution in [3.63, 3.8) is 0 Å². The van der Waals surface area contributed by atoms with Crippen molar-refractivity contribution < 1.29 is 30.7 Å². The molecule has 2 aromatic rings. The first kappa shape index (κ1) is 24.1. The van der Waals surface area contributed by atoms with Crippen LogP contribution in [-0.2, 0) is 26.1 Å². The molecule has 0 saturated heterocycles. The summed E-state index contributed by atoms with van der Waals surface area (Å²) in [6, 6.07) is 3.34. The van der Waals surface area contributed by atoms with Crippen LogP contribution >= 0.6 is 0 Å². The largest absolute Gasteiger partial charge is 0.471 e. The lowest BCUT2D eigenvalue weighted by atomic mass is 9.98. The van der Waals surface area contributed by atoms with Gasteiger partial charge in [0.25, 0.3) is 0 Å². The molecule has 2 aromatic carbocycles. The minimum absolute atomic E-state index is 0.373. The van der Waals surface area contributed by atoms with Crippen molar-refractivity contribution in [3.05, 3.63) is 75.7 Å². The number of fused-ring (bicyclic) bond motifs is 1. The Hall–Kier alpha value is -2.55. The molecule has 0 radical (unpaired) electrons. The molecular formula is C23H25F4NO3S. The predicted octanol–water partition coefficient (Wildman–Crippen LogP) is 5.75. The van der Waals surface area contributed by atoms with Crippen LogP contribution < -0.4 is 4.90 Å². The molecule has 9 heteroatoms. The Kier molecular flexibility index (Phi) is 6.60. The summed E-state index contributed by atoms with van der Waals surface area (Å²) in [4.78, 5) is 1.92. The van der Waals surface area contributed by atoms with Crippen LogP contribution in [-0.4, -0.2) is 15.0 Å². The van der Waals surface area contributed by atoms with Crippen LogP contribution in [0, 0.1) is 37.1 Å². The van der Waals surface area contributed by atoms with Crippen LogP contribution in [0.15, 0.2) is 24.6 Å².